The molecule has 1 saturated carbocycles. The van der Waals surface area contributed by atoms with Crippen molar-refractivity contribution in [3.63, 3.8) is 0 Å². The number of esters is 2. The van der Waals surface area contributed by atoms with Crippen LogP contribution >= 0.6 is 0 Å². The van der Waals surface area contributed by atoms with Crippen molar-refractivity contribution in [1.29, 1.82) is 0 Å². The maximum absolute atomic E-state index is 16.1. The zero-order chi connectivity index (χ0) is 67.5. The number of rotatable bonds is 14. The Kier molecular flexibility index (Phi) is 21.4. The van der Waals surface area contributed by atoms with Crippen molar-refractivity contribution in [3.05, 3.63) is 68.5 Å². The van der Waals surface area contributed by atoms with Crippen LogP contribution in [0.3, 0.4) is 0 Å². The molecule has 26 nitrogen and oxygen atoms in total. The minimum Gasteiger partial charge on any atom is -0.874 e. The van der Waals surface area contributed by atoms with E-state index in [1.54, 1.807) is 41.5 Å². The second-order valence-electron chi connectivity index (χ2n) is 28.2. The van der Waals surface area contributed by atoms with Gasteiger partial charge in [-0.15, -0.1) is 5.76 Å². The number of alkyl carbamates (subject to hydrolysis) is 1. The molecular weight excluding hydrogens is 1220 g/mol. The summed E-state index contributed by atoms with van der Waals surface area (Å²) >= 11 is 0. The fourth-order valence-corrected chi connectivity index (χ4v) is 16.9. The smallest absolute Gasteiger partial charge is 0.407 e. The van der Waals surface area contributed by atoms with Crippen LogP contribution in [0.1, 0.15) is 147 Å². The third-order valence-electron chi connectivity index (χ3n) is 21.7. The van der Waals surface area contributed by atoms with Crippen molar-refractivity contribution in [2.24, 2.45) is 40.9 Å². The molecule has 0 aromatic heterocycles. The third kappa shape index (κ3) is 14.0. The van der Waals surface area contributed by atoms with Crippen molar-refractivity contribution in [2.45, 2.75) is 281 Å². The van der Waals surface area contributed by atoms with Gasteiger partial charge in [-0.05, 0) is 115 Å². The molecule has 1 spiro atoms. The third-order valence-corrected chi connectivity index (χ3v) is 21.7. The fraction of sp³-hybridized carbons (Fsp3) is 0.776. The Labute approximate surface area is 542 Å². The molecular formula is C67H95N2O24-. The van der Waals surface area contributed by atoms with Gasteiger partial charge in [0.25, 0.3) is 0 Å². The first-order valence-electron chi connectivity index (χ1n) is 33.0. The van der Waals surface area contributed by atoms with Crippen molar-refractivity contribution in [1.82, 2.24) is 5.32 Å². The lowest BCUT2D eigenvalue weighted by atomic mass is 9.49. The summed E-state index contributed by atoms with van der Waals surface area (Å²) in [5.41, 5.74) is -5.26. The highest BCUT2D eigenvalue weighted by atomic mass is 16.8. The quantitative estimate of drug-likeness (QED) is 0.0332. The van der Waals surface area contributed by atoms with E-state index < -0.39 is 210 Å². The predicted octanol–water partition coefficient (Wildman–Crippen LogP) is 5.16. The SMILES string of the molecule is COC(=O)NC1C(C)OC(OC2C/C=C(/C)C3C=CC4C(OC5CC(OC6CCC(OC7CC(O)C(OC8CCC(O)C(C)O8)C(C)O7)C(C)O6)C(OC(C)=O)C(C)O5)C(C)CC(C)C4C3(C)/C([O-])=C3/C(=O)OC4(CC(C=O)=CC(O)C4C=C2C)C3=O)CC1(C)[N+](=O)[O-]. The molecule has 1 amide bonds. The number of fused-ring (bicyclic) bond motifs is 4. The molecule has 93 heavy (non-hydrogen) atoms. The molecule has 6 aliphatic heterocycles. The van der Waals surface area contributed by atoms with E-state index in [2.05, 4.69) is 12.2 Å². The number of nitrogens with one attached hydrogen (secondary N) is 1. The molecule has 26 heteroatoms. The number of nitro groups is 1. The van der Waals surface area contributed by atoms with Crippen molar-refractivity contribution in [2.75, 3.05) is 7.11 Å². The number of Topliss-reactive ketones (excluding diaryl/α,β-unsaturated/α-hetero) is 1. The number of methoxy groups -OCH3 is 1. The van der Waals surface area contributed by atoms with Crippen molar-refractivity contribution in [3.8, 4) is 0 Å². The number of amides is 1. The molecule has 29 unspecified atom stereocenters. The Balaban J connectivity index is 0.904. The van der Waals surface area contributed by atoms with Crippen LogP contribution in [0.5, 0.6) is 0 Å². The predicted molar refractivity (Wildman–Crippen MR) is 323 cm³/mol. The molecule has 0 aromatic carbocycles. The van der Waals surface area contributed by atoms with Gasteiger partial charge in [-0.3, -0.25) is 24.5 Å². The standard InChI is InChI=1S/C67H96N2O24/c1-30-14-18-47(88-54-28-65(11,69(79)80)60(38(9)86-54)68-64(78)81-13)31(2)23-43-45(73)24-40(29-70)27-67(43)62(76)55(63(77)93-67)61(75)66(12)42(30)16-15-41-56(66)32(3)22-33(4)57(41)92-53-26-49(59(37(8)85-53)87-39(10)71)90-50-21-19-48(35(6)83-50)89-52-25-46(74)58(36(7)84-52)91-51-20-17-44(72)34(5)82-51/h14-16,23-24,29,32-38,41-54,56-60,72-75H,17-22,25-28H2,1-13H3,(H,68,78)/p-1/b30-14-,31-23?,61-55-. The van der Waals surface area contributed by atoms with E-state index in [0.717, 1.165) is 7.11 Å². The average Bonchev–Trinajstić information content (AvgIpc) is 1.68. The molecule has 10 rings (SSSR count). The van der Waals surface area contributed by atoms with Gasteiger partial charge in [-0.1, -0.05) is 50.6 Å². The van der Waals surface area contributed by atoms with Gasteiger partial charge >= 0.3 is 18.0 Å². The molecule has 4 aliphatic carbocycles. The zero-order valence-corrected chi connectivity index (χ0v) is 55.4. The average molecular weight is 1310 g/mol. The highest BCUT2D eigenvalue weighted by molar-refractivity contribution is 6.26. The molecule has 4 N–H and O–H groups in total. The molecule has 6 saturated heterocycles. The van der Waals surface area contributed by atoms with Crippen LogP contribution in [-0.4, -0.2) is 192 Å². The van der Waals surface area contributed by atoms with Gasteiger partial charge in [-0.25, -0.2) is 9.59 Å². The van der Waals surface area contributed by atoms with Crippen LogP contribution < -0.4 is 10.4 Å². The van der Waals surface area contributed by atoms with E-state index in [-0.39, 0.29) is 43.1 Å². The van der Waals surface area contributed by atoms with Gasteiger partial charge in [0.15, 0.2) is 43.2 Å². The Morgan fingerprint density at radius 3 is 2.01 bits per heavy atom. The van der Waals surface area contributed by atoms with E-state index in [1.165, 1.54) is 26.0 Å². The first kappa shape index (κ1) is 70.7. The number of carbonyl (C=O) groups is 5. The van der Waals surface area contributed by atoms with E-state index in [9.17, 15) is 44.6 Å². The first-order valence-corrected chi connectivity index (χ1v) is 33.0. The summed E-state index contributed by atoms with van der Waals surface area (Å²) in [4.78, 5) is 80.3. The van der Waals surface area contributed by atoms with Crippen LogP contribution in [0.25, 0.3) is 0 Å². The number of aliphatic hydroxyl groups excluding tert-OH is 3. The minimum atomic E-state index is -2.24. The van der Waals surface area contributed by atoms with Crippen LogP contribution in [0.15, 0.2) is 58.4 Å². The van der Waals surface area contributed by atoms with Crippen LogP contribution in [0.4, 0.5) is 4.79 Å². The molecule has 518 valence electrons. The Morgan fingerprint density at radius 2 is 1.35 bits per heavy atom. The topological polar surface area (TPSA) is 344 Å². The summed E-state index contributed by atoms with van der Waals surface area (Å²) in [6.45, 7) is 20.9. The minimum absolute atomic E-state index is 0.0224. The number of hydrogen-bond donors (Lipinski definition) is 4. The highest BCUT2D eigenvalue weighted by Crippen LogP contribution is 2.60. The van der Waals surface area contributed by atoms with Crippen molar-refractivity contribution < 1.29 is 111 Å². The number of nitrogens with zero attached hydrogens (tertiary/aromatic N) is 1. The van der Waals surface area contributed by atoms with Gasteiger partial charge in [-0.2, -0.15) is 0 Å². The maximum Gasteiger partial charge on any atom is 0.407 e. The zero-order valence-electron chi connectivity index (χ0n) is 55.4. The number of aliphatic hydroxyl groups is 3. The Morgan fingerprint density at radius 1 is 0.720 bits per heavy atom. The fourth-order valence-electron chi connectivity index (χ4n) is 16.9. The van der Waals surface area contributed by atoms with E-state index >= 15 is 9.90 Å². The summed E-state index contributed by atoms with van der Waals surface area (Å²) in [7, 11) is 1.14. The Bertz CT molecular complexity index is 2960. The molecule has 10 aliphatic rings. The largest absolute Gasteiger partial charge is 0.874 e. The second-order valence-corrected chi connectivity index (χ2v) is 28.2. The molecule has 0 aromatic rings. The molecule has 2 bridgehead atoms. The van der Waals surface area contributed by atoms with Crippen molar-refractivity contribution >= 4 is 30.1 Å². The van der Waals surface area contributed by atoms with Crippen LogP contribution in [0, 0.1) is 51.0 Å². The number of ketones is 1. The first-order chi connectivity index (χ1) is 43.9. The number of hydrogen-bond acceptors (Lipinski definition) is 24. The van der Waals surface area contributed by atoms with Gasteiger partial charge in [0, 0.05) is 62.7 Å². The van der Waals surface area contributed by atoms with Gasteiger partial charge in [0.2, 0.25) is 11.3 Å². The molecule has 7 fully saturated rings. The normalized spacial score (nSPS) is 47.6. The van der Waals surface area contributed by atoms with Gasteiger partial charge in [0.1, 0.15) is 24.5 Å². The van der Waals surface area contributed by atoms with E-state index in [0.29, 0.717) is 49.5 Å². The number of ether oxygens (including phenoxy) is 13. The lowest BCUT2D eigenvalue weighted by Gasteiger charge is -2.59. The summed E-state index contributed by atoms with van der Waals surface area (Å²) in [6, 6.07) is -1.13. The molecule has 6 heterocycles. The van der Waals surface area contributed by atoms with E-state index in [4.69, 9.17) is 61.6 Å². The Hall–Kier alpha value is -5.07. The summed E-state index contributed by atoms with van der Waals surface area (Å²) in [5.74, 6) is -7.10. The molecule has 29 atom stereocenters. The monoisotopic (exact) mass is 1310 g/mol. The lowest BCUT2D eigenvalue weighted by molar-refractivity contribution is -0.584. The number of aldehydes is 1. The number of carbonyl (C=O) groups excluding carboxylic acids is 5. The molecule has 0 radical (unpaired) electrons. The summed E-state index contributed by atoms with van der Waals surface area (Å²) in [6.07, 6.45) is -4.63. The van der Waals surface area contributed by atoms with E-state index in [1.807, 2.05) is 39.0 Å². The van der Waals surface area contributed by atoms with Crippen LogP contribution in [0.2, 0.25) is 0 Å². The number of allylic oxidation sites excluding steroid dienone is 3. The van der Waals surface area contributed by atoms with Crippen LogP contribution in [-0.2, 0) is 80.8 Å². The summed E-state index contributed by atoms with van der Waals surface area (Å²) in [5, 5.41) is 64.8. The van der Waals surface area contributed by atoms with Gasteiger partial charge < -0.3 is 87.3 Å². The summed E-state index contributed by atoms with van der Waals surface area (Å²) < 4.78 is 81.4. The van der Waals surface area contributed by atoms with Gasteiger partial charge in [0.05, 0.1) is 92.2 Å². The second kappa shape index (κ2) is 28.2. The maximum atomic E-state index is 16.1. The lowest BCUT2D eigenvalue weighted by Crippen LogP contribution is -2.65. The highest BCUT2D eigenvalue weighted by Gasteiger charge is 2.63.